The van der Waals surface area contributed by atoms with E-state index in [-0.39, 0.29) is 23.5 Å². The molecule has 12 heteroatoms. The van der Waals surface area contributed by atoms with Crippen molar-refractivity contribution in [1.29, 1.82) is 0 Å². The molecule has 0 radical (unpaired) electrons. The van der Waals surface area contributed by atoms with Crippen LogP contribution in [0.4, 0.5) is 27.6 Å². The lowest BCUT2D eigenvalue weighted by Gasteiger charge is -2.36. The number of piperazine rings is 1. The molecule has 0 unspecified atom stereocenters. The van der Waals surface area contributed by atoms with Crippen LogP contribution in [0.15, 0.2) is 29.1 Å². The highest BCUT2D eigenvalue weighted by atomic mass is 19.3. The van der Waals surface area contributed by atoms with Crippen LogP contribution in [-0.4, -0.2) is 54.0 Å². The fourth-order valence-corrected chi connectivity index (χ4v) is 3.94. The first kappa shape index (κ1) is 23.6. The summed E-state index contributed by atoms with van der Waals surface area (Å²) in [6.45, 7) is 1.50. The highest BCUT2D eigenvalue weighted by Crippen LogP contribution is 2.27. The van der Waals surface area contributed by atoms with Gasteiger partial charge in [0.15, 0.2) is 5.82 Å². The Morgan fingerprint density at radius 3 is 2.47 bits per heavy atom. The van der Waals surface area contributed by atoms with Gasteiger partial charge in [-0.15, -0.1) is 0 Å². The number of aromatic amines is 1. The number of alkyl halides is 2. The van der Waals surface area contributed by atoms with Gasteiger partial charge in [0.2, 0.25) is 5.95 Å². The smallest absolute Gasteiger partial charge is 0.269 e. The van der Waals surface area contributed by atoms with Crippen LogP contribution in [0.3, 0.4) is 0 Å². The third-order valence-corrected chi connectivity index (χ3v) is 5.76. The molecular weight excluding hydrogens is 461 g/mol. The van der Waals surface area contributed by atoms with Gasteiger partial charge >= 0.3 is 0 Å². The molecular formula is C22H20F5N5O2. The molecule has 0 bridgehead atoms. The Balaban J connectivity index is 1.50. The Morgan fingerprint density at radius 1 is 1.15 bits per heavy atom. The van der Waals surface area contributed by atoms with Gasteiger partial charge in [-0.3, -0.25) is 14.5 Å². The molecule has 1 amide bonds. The molecule has 4 rings (SSSR count). The van der Waals surface area contributed by atoms with Crippen molar-refractivity contribution >= 4 is 22.5 Å². The summed E-state index contributed by atoms with van der Waals surface area (Å²) < 4.78 is 69.8. The van der Waals surface area contributed by atoms with E-state index in [1.54, 1.807) is 4.90 Å². The van der Waals surface area contributed by atoms with E-state index < -0.39 is 51.9 Å². The summed E-state index contributed by atoms with van der Waals surface area (Å²) >= 11 is 0. The molecule has 7 nitrogen and oxygen atoms in total. The molecule has 2 aromatic heterocycles. The minimum absolute atomic E-state index is 0.00149. The number of anilines is 1. The van der Waals surface area contributed by atoms with Crippen molar-refractivity contribution in [3.63, 3.8) is 0 Å². The molecule has 1 aliphatic heterocycles. The number of rotatable bonds is 5. The number of amides is 1. The molecule has 1 saturated heterocycles. The number of nitrogens with one attached hydrogen (secondary N) is 2. The Labute approximate surface area is 190 Å². The predicted octanol–water partition coefficient (Wildman–Crippen LogP) is 2.96. The van der Waals surface area contributed by atoms with E-state index in [1.165, 1.54) is 19.2 Å². The van der Waals surface area contributed by atoms with E-state index in [4.69, 9.17) is 0 Å². The van der Waals surface area contributed by atoms with Crippen LogP contribution in [0.1, 0.15) is 28.0 Å². The van der Waals surface area contributed by atoms with Crippen LogP contribution < -0.4 is 15.8 Å². The Hall–Kier alpha value is -3.54. The monoisotopic (exact) mass is 481 g/mol. The summed E-state index contributed by atoms with van der Waals surface area (Å²) in [6, 6.07) is 4.47. The molecule has 180 valence electrons. The van der Waals surface area contributed by atoms with Gasteiger partial charge in [0.25, 0.3) is 17.9 Å². The Morgan fingerprint density at radius 2 is 1.85 bits per heavy atom. The standard InChI is InChI=1S/C22H20F5N5O2/c1-28-22(34)15-2-3-16(20(27)29-15)32-6-4-31(5-7-32)10-11-8-14(23)12-9-13(19(25)26)21(33)30-18(12)17(11)24/h2-3,8-9,19H,4-7,10H2,1H3,(H,28,34)(H,30,33). The molecule has 34 heavy (non-hydrogen) atoms. The molecule has 0 atom stereocenters. The van der Waals surface area contributed by atoms with Gasteiger partial charge in [-0.1, -0.05) is 0 Å². The maximum Gasteiger partial charge on any atom is 0.269 e. The highest BCUT2D eigenvalue weighted by Gasteiger charge is 2.24. The normalized spacial score (nSPS) is 14.7. The van der Waals surface area contributed by atoms with Gasteiger partial charge in [-0.05, 0) is 24.3 Å². The maximum atomic E-state index is 15.0. The number of aromatic nitrogens is 2. The van der Waals surface area contributed by atoms with E-state index in [0.717, 1.165) is 6.07 Å². The number of halogens is 5. The summed E-state index contributed by atoms with van der Waals surface area (Å²) in [5.74, 6) is -3.11. The number of carbonyl (C=O) groups excluding carboxylic acids is 1. The van der Waals surface area contributed by atoms with Gasteiger partial charge in [0, 0.05) is 50.7 Å². The van der Waals surface area contributed by atoms with Crippen LogP contribution in [0, 0.1) is 17.6 Å². The Kier molecular flexibility index (Phi) is 6.51. The van der Waals surface area contributed by atoms with Crippen LogP contribution in [0.2, 0.25) is 0 Å². The lowest BCUT2D eigenvalue weighted by molar-refractivity contribution is 0.0957. The number of carbonyl (C=O) groups is 1. The van der Waals surface area contributed by atoms with Crippen molar-refractivity contribution in [2.45, 2.75) is 13.0 Å². The molecule has 0 spiro atoms. The number of hydrogen-bond donors (Lipinski definition) is 2. The summed E-state index contributed by atoms with van der Waals surface area (Å²) in [7, 11) is 1.41. The zero-order valence-corrected chi connectivity index (χ0v) is 18.0. The van der Waals surface area contributed by atoms with Crippen molar-refractivity contribution in [1.82, 2.24) is 20.2 Å². The second-order valence-corrected chi connectivity index (χ2v) is 7.82. The molecule has 3 aromatic rings. The van der Waals surface area contributed by atoms with E-state index in [0.29, 0.717) is 32.2 Å². The van der Waals surface area contributed by atoms with Crippen molar-refractivity contribution in [3.05, 3.63) is 69.0 Å². The summed E-state index contributed by atoms with van der Waals surface area (Å²) in [5.41, 5.74) is -2.43. The van der Waals surface area contributed by atoms with Gasteiger partial charge < -0.3 is 15.2 Å². The van der Waals surface area contributed by atoms with Crippen LogP contribution >= 0.6 is 0 Å². The number of H-pyrrole nitrogens is 1. The highest BCUT2D eigenvalue weighted by molar-refractivity contribution is 5.92. The van der Waals surface area contributed by atoms with Crippen LogP contribution in [0.25, 0.3) is 10.9 Å². The third kappa shape index (κ3) is 4.45. The van der Waals surface area contributed by atoms with Crippen molar-refractivity contribution in [2.75, 3.05) is 38.1 Å². The van der Waals surface area contributed by atoms with Gasteiger partial charge in [-0.25, -0.2) is 22.5 Å². The van der Waals surface area contributed by atoms with E-state index >= 15 is 0 Å². The van der Waals surface area contributed by atoms with Crippen LogP contribution in [0.5, 0.6) is 0 Å². The van der Waals surface area contributed by atoms with E-state index in [9.17, 15) is 31.5 Å². The lowest BCUT2D eigenvalue weighted by Crippen LogP contribution is -2.46. The second-order valence-electron chi connectivity index (χ2n) is 7.82. The number of hydrogen-bond acceptors (Lipinski definition) is 5. The average Bonchev–Trinajstić information content (AvgIpc) is 2.82. The SMILES string of the molecule is CNC(=O)c1ccc(N2CCN(Cc3cc(F)c4cc(C(F)F)c(=O)[nH]c4c3F)CC2)c(F)n1. The summed E-state index contributed by atoms with van der Waals surface area (Å²) in [4.78, 5) is 32.7. The molecule has 0 saturated carbocycles. The summed E-state index contributed by atoms with van der Waals surface area (Å²) in [5, 5.41) is 1.94. The van der Waals surface area contributed by atoms with Crippen molar-refractivity contribution < 1.29 is 26.7 Å². The van der Waals surface area contributed by atoms with Crippen molar-refractivity contribution in [3.8, 4) is 0 Å². The minimum atomic E-state index is -3.12. The number of nitrogens with zero attached hydrogens (tertiary/aromatic N) is 3. The first-order valence-corrected chi connectivity index (χ1v) is 10.4. The quantitative estimate of drug-likeness (QED) is 0.433. The minimum Gasteiger partial charge on any atom is -0.365 e. The summed E-state index contributed by atoms with van der Waals surface area (Å²) in [6.07, 6.45) is -3.12. The van der Waals surface area contributed by atoms with Gasteiger partial charge in [-0.2, -0.15) is 4.39 Å². The largest absolute Gasteiger partial charge is 0.365 e. The fraction of sp³-hybridized carbons (Fsp3) is 0.318. The number of pyridine rings is 2. The van der Waals surface area contributed by atoms with E-state index in [2.05, 4.69) is 10.3 Å². The molecule has 1 fully saturated rings. The number of benzene rings is 1. The first-order valence-electron chi connectivity index (χ1n) is 10.4. The zero-order valence-electron chi connectivity index (χ0n) is 18.0. The molecule has 1 aromatic carbocycles. The van der Waals surface area contributed by atoms with Crippen molar-refractivity contribution in [2.24, 2.45) is 0 Å². The van der Waals surface area contributed by atoms with Gasteiger partial charge in [0.1, 0.15) is 11.5 Å². The average molecular weight is 481 g/mol. The third-order valence-electron chi connectivity index (χ3n) is 5.76. The van der Waals surface area contributed by atoms with Gasteiger partial charge in [0.05, 0.1) is 16.8 Å². The zero-order chi connectivity index (χ0) is 24.6. The topological polar surface area (TPSA) is 81.3 Å². The number of fused-ring (bicyclic) bond motifs is 1. The first-order chi connectivity index (χ1) is 16.2. The molecule has 3 heterocycles. The lowest BCUT2D eigenvalue weighted by atomic mass is 10.1. The van der Waals surface area contributed by atoms with E-state index in [1.807, 2.05) is 9.88 Å². The maximum absolute atomic E-state index is 15.0. The predicted molar refractivity (Wildman–Crippen MR) is 115 cm³/mol. The van der Waals surface area contributed by atoms with Crippen LogP contribution in [-0.2, 0) is 6.54 Å². The molecule has 2 N–H and O–H groups in total. The second kappa shape index (κ2) is 9.37. The molecule has 0 aliphatic carbocycles. The Bertz CT molecular complexity index is 1310. The fourth-order valence-electron chi connectivity index (χ4n) is 3.94. The molecule has 1 aliphatic rings.